The smallest absolute Gasteiger partial charge is 0.192 e. The fourth-order valence-electron chi connectivity index (χ4n) is 3.59. The quantitative estimate of drug-likeness (QED) is 0.357. The van der Waals surface area contributed by atoms with Gasteiger partial charge in [0.15, 0.2) is 16.8 Å². The molecule has 1 aromatic carbocycles. The molecule has 1 fully saturated rings. The number of pyridine rings is 1. The molecule has 1 saturated carbocycles. The van der Waals surface area contributed by atoms with Crippen molar-refractivity contribution in [3.63, 3.8) is 0 Å². The van der Waals surface area contributed by atoms with Crippen molar-refractivity contribution in [2.45, 2.75) is 43.3 Å². The number of thioether (sulfide) groups is 1. The van der Waals surface area contributed by atoms with Crippen molar-refractivity contribution in [1.82, 2.24) is 19.7 Å². The van der Waals surface area contributed by atoms with Gasteiger partial charge in [0.2, 0.25) is 0 Å². The Hall–Kier alpha value is -1.99. The average Bonchev–Trinajstić information content (AvgIpc) is 3.18. The second-order valence-corrected chi connectivity index (χ2v) is 8.78. The summed E-state index contributed by atoms with van der Waals surface area (Å²) in [5.41, 5.74) is 1.73. The minimum absolute atomic E-state index is 0.0983. The molecule has 0 amide bonds. The fraction of sp³-hybridized carbons (Fsp3) is 0.333. The molecular formula is C21H21BrN4OS. The summed E-state index contributed by atoms with van der Waals surface area (Å²) in [7, 11) is 0. The van der Waals surface area contributed by atoms with Gasteiger partial charge in [-0.15, -0.1) is 10.2 Å². The zero-order valence-electron chi connectivity index (χ0n) is 15.4. The summed E-state index contributed by atoms with van der Waals surface area (Å²) in [4.78, 5) is 16.7. The highest BCUT2D eigenvalue weighted by Gasteiger charge is 2.24. The van der Waals surface area contributed by atoms with Crippen LogP contribution in [0.4, 0.5) is 0 Å². The molecule has 3 aromatic rings. The Balaban J connectivity index is 1.58. The molecule has 7 heteroatoms. The Labute approximate surface area is 177 Å². The summed E-state index contributed by atoms with van der Waals surface area (Å²) >= 11 is 4.88. The molecule has 5 nitrogen and oxygen atoms in total. The van der Waals surface area contributed by atoms with Gasteiger partial charge in [0.1, 0.15) is 0 Å². The summed E-state index contributed by atoms with van der Waals surface area (Å²) in [6.07, 6.45) is 9.54. The lowest BCUT2D eigenvalue weighted by Gasteiger charge is -2.25. The molecular weight excluding hydrogens is 436 g/mol. The van der Waals surface area contributed by atoms with E-state index in [0.717, 1.165) is 33.9 Å². The van der Waals surface area contributed by atoms with E-state index >= 15 is 0 Å². The molecule has 0 N–H and O–H groups in total. The van der Waals surface area contributed by atoms with Gasteiger partial charge in [0, 0.05) is 34.0 Å². The lowest BCUT2D eigenvalue weighted by molar-refractivity contribution is 0.102. The first-order valence-electron chi connectivity index (χ1n) is 9.49. The maximum absolute atomic E-state index is 12.6. The molecule has 4 rings (SSSR count). The van der Waals surface area contributed by atoms with Crippen molar-refractivity contribution < 1.29 is 4.79 Å². The molecule has 0 radical (unpaired) electrons. The summed E-state index contributed by atoms with van der Waals surface area (Å²) in [6, 6.07) is 11.8. The van der Waals surface area contributed by atoms with E-state index in [1.165, 1.54) is 31.0 Å². The summed E-state index contributed by atoms with van der Waals surface area (Å²) in [5.74, 6) is 1.32. The maximum Gasteiger partial charge on any atom is 0.192 e. The second kappa shape index (κ2) is 9.01. The first kappa shape index (κ1) is 19.3. The minimum atomic E-state index is 0.0983. The lowest BCUT2D eigenvalue weighted by atomic mass is 9.95. The third-order valence-corrected chi connectivity index (χ3v) is 6.51. The lowest BCUT2D eigenvalue weighted by Crippen LogP contribution is -2.15. The van der Waals surface area contributed by atoms with Crippen LogP contribution in [0.1, 0.15) is 48.5 Å². The number of aromatic nitrogens is 4. The average molecular weight is 457 g/mol. The van der Waals surface area contributed by atoms with Gasteiger partial charge >= 0.3 is 0 Å². The van der Waals surface area contributed by atoms with Crippen molar-refractivity contribution in [3.05, 3.63) is 58.8 Å². The summed E-state index contributed by atoms with van der Waals surface area (Å²) < 4.78 is 3.21. The van der Waals surface area contributed by atoms with Gasteiger partial charge in [-0.25, -0.2) is 0 Å². The summed E-state index contributed by atoms with van der Waals surface area (Å²) in [5, 5.41) is 9.74. The van der Waals surface area contributed by atoms with Gasteiger partial charge in [0.05, 0.1) is 5.75 Å². The molecule has 2 aromatic heterocycles. The molecule has 2 heterocycles. The molecule has 1 aliphatic carbocycles. The standard InChI is InChI=1S/C21H21BrN4OS/c22-17-8-6-15(7-9-17)19(27)14-28-21-25-24-20(16-10-12-23-13-11-16)26(21)18-4-2-1-3-5-18/h6-13,18H,1-5,14H2. The van der Waals surface area contributed by atoms with E-state index in [0.29, 0.717) is 17.4 Å². The normalized spacial score (nSPS) is 14.9. The molecule has 0 spiro atoms. The number of ketones is 1. The Kier molecular flexibility index (Phi) is 6.22. The van der Waals surface area contributed by atoms with E-state index in [2.05, 4.69) is 35.7 Å². The number of nitrogens with zero attached hydrogens (tertiary/aromatic N) is 4. The number of hydrogen-bond acceptors (Lipinski definition) is 5. The first-order chi connectivity index (χ1) is 13.7. The monoisotopic (exact) mass is 456 g/mol. The zero-order valence-corrected chi connectivity index (χ0v) is 17.8. The maximum atomic E-state index is 12.6. The number of benzene rings is 1. The van der Waals surface area contributed by atoms with E-state index in [1.54, 1.807) is 12.4 Å². The van der Waals surface area contributed by atoms with Gasteiger partial charge in [-0.3, -0.25) is 14.3 Å². The van der Waals surface area contributed by atoms with Crippen LogP contribution in [-0.2, 0) is 0 Å². The number of hydrogen-bond donors (Lipinski definition) is 0. The molecule has 0 saturated heterocycles. The van der Waals surface area contributed by atoms with Crippen LogP contribution in [0.25, 0.3) is 11.4 Å². The van der Waals surface area contributed by atoms with Crippen molar-refractivity contribution in [3.8, 4) is 11.4 Å². The first-order valence-corrected chi connectivity index (χ1v) is 11.3. The van der Waals surface area contributed by atoms with Gasteiger partial charge < -0.3 is 0 Å². The van der Waals surface area contributed by atoms with Crippen molar-refractivity contribution in [1.29, 1.82) is 0 Å². The molecule has 1 aliphatic rings. The van der Waals surface area contributed by atoms with Crippen LogP contribution in [0, 0.1) is 0 Å². The van der Waals surface area contributed by atoms with Crippen LogP contribution < -0.4 is 0 Å². The third-order valence-electron chi connectivity index (χ3n) is 5.04. The van der Waals surface area contributed by atoms with E-state index in [-0.39, 0.29) is 5.78 Å². The van der Waals surface area contributed by atoms with Gasteiger partial charge in [-0.1, -0.05) is 59.1 Å². The Morgan fingerprint density at radius 1 is 1.04 bits per heavy atom. The largest absolute Gasteiger partial charge is 0.299 e. The highest BCUT2D eigenvalue weighted by molar-refractivity contribution is 9.10. The summed E-state index contributed by atoms with van der Waals surface area (Å²) in [6.45, 7) is 0. The number of carbonyl (C=O) groups is 1. The number of carbonyl (C=O) groups excluding carboxylic acids is 1. The van der Waals surface area contributed by atoms with Gasteiger partial charge in [-0.05, 0) is 37.1 Å². The number of rotatable bonds is 6. The SMILES string of the molecule is O=C(CSc1nnc(-c2ccncc2)n1C1CCCCC1)c1ccc(Br)cc1. The topological polar surface area (TPSA) is 60.7 Å². The Morgan fingerprint density at radius 3 is 2.46 bits per heavy atom. The Morgan fingerprint density at radius 2 is 1.75 bits per heavy atom. The van der Waals surface area contributed by atoms with E-state index in [9.17, 15) is 4.79 Å². The van der Waals surface area contributed by atoms with Gasteiger partial charge in [-0.2, -0.15) is 0 Å². The molecule has 0 unspecified atom stereocenters. The van der Waals surface area contributed by atoms with Crippen LogP contribution in [-0.4, -0.2) is 31.3 Å². The number of halogens is 1. The highest BCUT2D eigenvalue weighted by atomic mass is 79.9. The number of Topliss-reactive ketones (excluding diaryl/α,β-unsaturated/α-hetero) is 1. The van der Waals surface area contributed by atoms with E-state index < -0.39 is 0 Å². The third kappa shape index (κ3) is 4.36. The molecule has 0 aliphatic heterocycles. The fourth-order valence-corrected chi connectivity index (χ4v) is 4.76. The molecule has 0 atom stereocenters. The predicted octanol–water partition coefficient (Wildman–Crippen LogP) is 5.58. The van der Waals surface area contributed by atoms with Crippen LogP contribution in [0.3, 0.4) is 0 Å². The second-order valence-electron chi connectivity index (χ2n) is 6.92. The van der Waals surface area contributed by atoms with Crippen molar-refractivity contribution >= 4 is 33.5 Å². The molecule has 28 heavy (non-hydrogen) atoms. The van der Waals surface area contributed by atoms with Gasteiger partial charge in [0.25, 0.3) is 0 Å². The van der Waals surface area contributed by atoms with Crippen molar-refractivity contribution in [2.24, 2.45) is 0 Å². The minimum Gasteiger partial charge on any atom is -0.299 e. The van der Waals surface area contributed by atoms with Crippen LogP contribution >= 0.6 is 27.7 Å². The molecule has 144 valence electrons. The molecule has 0 bridgehead atoms. The Bertz CT molecular complexity index is 937. The highest BCUT2D eigenvalue weighted by Crippen LogP contribution is 2.35. The van der Waals surface area contributed by atoms with Crippen LogP contribution in [0.15, 0.2) is 58.4 Å². The zero-order chi connectivity index (χ0) is 19.3. The van der Waals surface area contributed by atoms with Crippen molar-refractivity contribution in [2.75, 3.05) is 5.75 Å². The predicted molar refractivity (Wildman–Crippen MR) is 115 cm³/mol. The van der Waals surface area contributed by atoms with Crippen LogP contribution in [0.5, 0.6) is 0 Å². The van der Waals surface area contributed by atoms with E-state index in [1.807, 2.05) is 36.4 Å². The van der Waals surface area contributed by atoms with E-state index in [4.69, 9.17) is 0 Å². The van der Waals surface area contributed by atoms with Crippen LogP contribution in [0.2, 0.25) is 0 Å².